The van der Waals surface area contributed by atoms with Crippen molar-refractivity contribution in [2.24, 2.45) is 0 Å². The molecular weight excluding hydrogens is 326 g/mol. The van der Waals surface area contributed by atoms with Crippen molar-refractivity contribution < 1.29 is 14.3 Å². The van der Waals surface area contributed by atoms with E-state index in [2.05, 4.69) is 5.32 Å². The molecule has 0 radical (unpaired) electrons. The second kappa shape index (κ2) is 8.39. The van der Waals surface area contributed by atoms with Gasteiger partial charge in [0.05, 0.1) is 6.61 Å². The van der Waals surface area contributed by atoms with Crippen molar-refractivity contribution in [1.29, 1.82) is 0 Å². The molecule has 0 aliphatic carbocycles. The molecule has 4 heteroatoms. The van der Waals surface area contributed by atoms with Gasteiger partial charge in [0.2, 0.25) is 0 Å². The first-order valence-corrected chi connectivity index (χ1v) is 8.80. The van der Waals surface area contributed by atoms with Gasteiger partial charge in [-0.2, -0.15) is 0 Å². The van der Waals surface area contributed by atoms with Crippen molar-refractivity contribution in [2.45, 2.75) is 26.5 Å². The summed E-state index contributed by atoms with van der Waals surface area (Å²) >= 11 is 0. The molecular formula is C22H23NO3. The van der Waals surface area contributed by atoms with Crippen LogP contribution in [0, 0.1) is 0 Å². The third-order valence-corrected chi connectivity index (χ3v) is 4.10. The van der Waals surface area contributed by atoms with Crippen molar-refractivity contribution in [2.75, 3.05) is 6.61 Å². The van der Waals surface area contributed by atoms with Gasteiger partial charge in [0.15, 0.2) is 6.10 Å². The molecule has 0 aliphatic heterocycles. The number of amides is 1. The smallest absolute Gasteiger partial charge is 0.261 e. The minimum atomic E-state index is -0.570. The second-order valence-electron chi connectivity index (χ2n) is 6.06. The van der Waals surface area contributed by atoms with Crippen molar-refractivity contribution in [3.05, 3.63) is 72.3 Å². The zero-order valence-corrected chi connectivity index (χ0v) is 15.1. The Bertz CT molecular complexity index is 874. The highest BCUT2D eigenvalue weighted by Gasteiger charge is 2.14. The maximum Gasteiger partial charge on any atom is 0.261 e. The van der Waals surface area contributed by atoms with E-state index in [1.165, 1.54) is 0 Å². The average Bonchev–Trinajstić information content (AvgIpc) is 2.67. The topological polar surface area (TPSA) is 47.6 Å². The Labute approximate surface area is 153 Å². The fourth-order valence-electron chi connectivity index (χ4n) is 2.70. The van der Waals surface area contributed by atoms with E-state index in [0.717, 1.165) is 22.1 Å². The number of hydrogen-bond acceptors (Lipinski definition) is 3. The van der Waals surface area contributed by atoms with E-state index in [1.807, 2.05) is 73.7 Å². The van der Waals surface area contributed by atoms with Crippen molar-refractivity contribution in [3.8, 4) is 11.5 Å². The molecule has 1 N–H and O–H groups in total. The van der Waals surface area contributed by atoms with Crippen molar-refractivity contribution >= 4 is 16.7 Å². The Kier molecular flexibility index (Phi) is 5.74. The number of ether oxygens (including phenoxy) is 2. The predicted molar refractivity (Wildman–Crippen MR) is 103 cm³/mol. The highest BCUT2D eigenvalue weighted by Crippen LogP contribution is 2.21. The van der Waals surface area contributed by atoms with Gasteiger partial charge in [-0.25, -0.2) is 0 Å². The number of carbonyl (C=O) groups excluding carboxylic acids is 1. The van der Waals surface area contributed by atoms with Crippen molar-refractivity contribution in [1.82, 2.24) is 5.32 Å². The van der Waals surface area contributed by atoms with Crippen LogP contribution in [-0.4, -0.2) is 18.6 Å². The first-order chi connectivity index (χ1) is 12.7. The van der Waals surface area contributed by atoms with Crippen LogP contribution in [0.2, 0.25) is 0 Å². The molecule has 0 saturated carbocycles. The molecule has 0 spiro atoms. The van der Waals surface area contributed by atoms with Crippen LogP contribution in [0.1, 0.15) is 19.4 Å². The predicted octanol–water partition coefficient (Wildman–Crippen LogP) is 4.32. The lowest BCUT2D eigenvalue weighted by molar-refractivity contribution is -0.127. The van der Waals surface area contributed by atoms with E-state index in [-0.39, 0.29) is 5.91 Å². The van der Waals surface area contributed by atoms with E-state index < -0.39 is 6.10 Å². The SMILES string of the molecule is CCOc1ccc(CNC(=O)[C@H](C)Oc2ccc3ccccc3c2)cc1. The van der Waals surface area contributed by atoms with Crippen LogP contribution in [0.25, 0.3) is 10.8 Å². The average molecular weight is 349 g/mol. The Hall–Kier alpha value is -3.01. The zero-order chi connectivity index (χ0) is 18.4. The zero-order valence-electron chi connectivity index (χ0n) is 15.1. The number of fused-ring (bicyclic) bond motifs is 1. The minimum absolute atomic E-state index is 0.146. The summed E-state index contributed by atoms with van der Waals surface area (Å²) in [4.78, 5) is 12.3. The second-order valence-corrected chi connectivity index (χ2v) is 6.06. The van der Waals surface area contributed by atoms with Crippen LogP contribution in [0.3, 0.4) is 0 Å². The maximum atomic E-state index is 12.3. The lowest BCUT2D eigenvalue weighted by atomic mass is 10.1. The summed E-state index contributed by atoms with van der Waals surface area (Å²) in [5.74, 6) is 1.37. The molecule has 0 unspecified atom stereocenters. The molecule has 26 heavy (non-hydrogen) atoms. The Morgan fingerprint density at radius 2 is 1.65 bits per heavy atom. The fraction of sp³-hybridized carbons (Fsp3) is 0.227. The fourth-order valence-corrected chi connectivity index (χ4v) is 2.70. The van der Waals surface area contributed by atoms with Gasteiger partial charge in [0.25, 0.3) is 5.91 Å². The quantitative estimate of drug-likeness (QED) is 0.691. The number of hydrogen-bond donors (Lipinski definition) is 1. The molecule has 3 rings (SSSR count). The first kappa shape index (κ1) is 17.8. The number of benzene rings is 3. The molecule has 0 bridgehead atoms. The normalized spacial score (nSPS) is 11.8. The highest BCUT2D eigenvalue weighted by atomic mass is 16.5. The standard InChI is InChI=1S/C22H23NO3/c1-3-25-20-11-8-17(9-12-20)15-23-22(24)16(2)26-21-13-10-18-6-4-5-7-19(18)14-21/h4-14,16H,3,15H2,1-2H3,(H,23,24)/t16-/m0/s1. The lowest BCUT2D eigenvalue weighted by Gasteiger charge is -2.15. The summed E-state index contributed by atoms with van der Waals surface area (Å²) in [6.07, 6.45) is -0.570. The maximum absolute atomic E-state index is 12.3. The summed E-state index contributed by atoms with van der Waals surface area (Å²) in [5, 5.41) is 5.14. The van der Waals surface area contributed by atoms with Gasteiger partial charge in [0.1, 0.15) is 11.5 Å². The molecule has 0 fully saturated rings. The number of rotatable bonds is 7. The van der Waals surface area contributed by atoms with Gasteiger partial charge >= 0.3 is 0 Å². The summed E-state index contributed by atoms with van der Waals surface area (Å²) in [6, 6.07) is 21.6. The van der Waals surface area contributed by atoms with E-state index in [4.69, 9.17) is 9.47 Å². The van der Waals surface area contributed by atoms with Gasteiger partial charge < -0.3 is 14.8 Å². The number of nitrogens with one attached hydrogen (secondary N) is 1. The Balaban J connectivity index is 1.55. The third kappa shape index (κ3) is 4.54. The van der Waals surface area contributed by atoms with E-state index in [9.17, 15) is 4.79 Å². The Morgan fingerprint density at radius 1 is 0.962 bits per heavy atom. The van der Waals surface area contributed by atoms with Gasteiger partial charge in [-0.1, -0.05) is 42.5 Å². The monoisotopic (exact) mass is 349 g/mol. The van der Waals surface area contributed by atoms with Crippen LogP contribution < -0.4 is 14.8 Å². The van der Waals surface area contributed by atoms with E-state index in [0.29, 0.717) is 18.9 Å². The van der Waals surface area contributed by atoms with Gasteiger partial charge in [-0.3, -0.25) is 4.79 Å². The van der Waals surface area contributed by atoms with Crippen LogP contribution >= 0.6 is 0 Å². The molecule has 4 nitrogen and oxygen atoms in total. The van der Waals surface area contributed by atoms with E-state index >= 15 is 0 Å². The highest BCUT2D eigenvalue weighted by molar-refractivity contribution is 5.84. The van der Waals surface area contributed by atoms with Crippen molar-refractivity contribution in [3.63, 3.8) is 0 Å². The summed E-state index contributed by atoms with van der Waals surface area (Å²) in [7, 11) is 0. The summed E-state index contributed by atoms with van der Waals surface area (Å²) < 4.78 is 11.2. The third-order valence-electron chi connectivity index (χ3n) is 4.10. The van der Waals surface area contributed by atoms with Crippen LogP contribution in [0.5, 0.6) is 11.5 Å². The van der Waals surface area contributed by atoms with Crippen LogP contribution in [0.15, 0.2) is 66.7 Å². The Morgan fingerprint density at radius 3 is 2.38 bits per heavy atom. The summed E-state index contributed by atoms with van der Waals surface area (Å²) in [5.41, 5.74) is 1.01. The largest absolute Gasteiger partial charge is 0.494 e. The van der Waals surface area contributed by atoms with Gasteiger partial charge in [-0.15, -0.1) is 0 Å². The lowest BCUT2D eigenvalue weighted by Crippen LogP contribution is -2.35. The van der Waals surface area contributed by atoms with Crippen LogP contribution in [-0.2, 0) is 11.3 Å². The van der Waals surface area contributed by atoms with Crippen LogP contribution in [0.4, 0.5) is 0 Å². The molecule has 0 saturated heterocycles. The molecule has 1 amide bonds. The molecule has 0 aromatic heterocycles. The van der Waals surface area contributed by atoms with E-state index in [1.54, 1.807) is 6.92 Å². The van der Waals surface area contributed by atoms with Gasteiger partial charge in [0, 0.05) is 6.54 Å². The molecule has 3 aromatic rings. The molecule has 0 aliphatic rings. The first-order valence-electron chi connectivity index (χ1n) is 8.80. The summed E-state index contributed by atoms with van der Waals surface area (Å²) in [6.45, 7) is 4.80. The number of carbonyl (C=O) groups is 1. The molecule has 0 heterocycles. The molecule has 134 valence electrons. The minimum Gasteiger partial charge on any atom is -0.494 e. The van der Waals surface area contributed by atoms with Gasteiger partial charge in [-0.05, 0) is 54.4 Å². The molecule has 1 atom stereocenters. The molecule has 3 aromatic carbocycles.